The molecule has 0 unspecified atom stereocenters. The van der Waals surface area contributed by atoms with Crippen molar-refractivity contribution in [2.24, 2.45) is 5.92 Å². The van der Waals surface area contributed by atoms with Gasteiger partial charge >= 0.3 is 0 Å². The van der Waals surface area contributed by atoms with Crippen molar-refractivity contribution in [1.82, 2.24) is 4.90 Å². The van der Waals surface area contributed by atoms with Crippen LogP contribution in [0.1, 0.15) is 44.2 Å². The summed E-state index contributed by atoms with van der Waals surface area (Å²) in [5.41, 5.74) is 1.92. The Bertz CT molecular complexity index is 623. The lowest BCUT2D eigenvalue weighted by Gasteiger charge is -2.41. The molecule has 1 aliphatic heterocycles. The van der Waals surface area contributed by atoms with Crippen molar-refractivity contribution < 1.29 is 9.47 Å². The monoisotopic (exact) mass is 342 g/mol. The molecule has 1 saturated carbocycles. The molecule has 2 aliphatic rings. The summed E-state index contributed by atoms with van der Waals surface area (Å²) in [6, 6.07) is 11.2. The molecule has 1 aromatic rings. The van der Waals surface area contributed by atoms with E-state index in [1.807, 2.05) is 27.0 Å². The Morgan fingerprint density at radius 1 is 1.32 bits per heavy atom. The van der Waals surface area contributed by atoms with Crippen molar-refractivity contribution in [2.45, 2.75) is 57.2 Å². The molecule has 4 nitrogen and oxygen atoms in total. The summed E-state index contributed by atoms with van der Waals surface area (Å²) in [5, 5.41) is 9.57. The number of nitrogens with zero attached hydrogens (tertiary/aromatic N) is 2. The highest BCUT2D eigenvalue weighted by Gasteiger charge is 2.39. The largest absolute Gasteiger partial charge is 0.381 e. The van der Waals surface area contributed by atoms with Gasteiger partial charge in [0.2, 0.25) is 0 Å². The Kier molecular flexibility index (Phi) is 5.78. The second kappa shape index (κ2) is 7.86. The van der Waals surface area contributed by atoms with Crippen LogP contribution in [0.5, 0.6) is 0 Å². The highest BCUT2D eigenvalue weighted by molar-refractivity contribution is 5.37. The third kappa shape index (κ3) is 3.89. The third-order valence-electron chi connectivity index (χ3n) is 5.92. The van der Waals surface area contributed by atoms with Crippen LogP contribution in [0.4, 0.5) is 0 Å². The molecule has 0 aromatic heterocycles. The van der Waals surface area contributed by atoms with Crippen molar-refractivity contribution in [2.75, 3.05) is 26.9 Å². The molecule has 1 heterocycles. The van der Waals surface area contributed by atoms with Gasteiger partial charge in [0.15, 0.2) is 0 Å². The number of benzene rings is 1. The highest BCUT2D eigenvalue weighted by atomic mass is 16.5. The number of hydrogen-bond acceptors (Lipinski definition) is 4. The van der Waals surface area contributed by atoms with E-state index in [1.54, 1.807) is 0 Å². The number of methoxy groups -OCH3 is 1. The van der Waals surface area contributed by atoms with Crippen LogP contribution in [0.2, 0.25) is 0 Å². The Morgan fingerprint density at radius 3 is 2.88 bits per heavy atom. The van der Waals surface area contributed by atoms with Gasteiger partial charge in [-0.15, -0.1) is 0 Å². The molecule has 1 saturated heterocycles. The molecule has 0 N–H and O–H groups in total. The molecule has 1 aliphatic carbocycles. The second-order valence-electron chi connectivity index (χ2n) is 7.88. The summed E-state index contributed by atoms with van der Waals surface area (Å²) >= 11 is 0. The van der Waals surface area contributed by atoms with Crippen LogP contribution >= 0.6 is 0 Å². The maximum atomic E-state index is 9.57. The summed E-state index contributed by atoms with van der Waals surface area (Å²) < 4.78 is 11.6. The Labute approximate surface area is 151 Å². The van der Waals surface area contributed by atoms with E-state index in [0.717, 1.165) is 38.3 Å². The van der Waals surface area contributed by atoms with E-state index in [2.05, 4.69) is 29.2 Å². The number of nitriles is 1. The summed E-state index contributed by atoms with van der Waals surface area (Å²) in [6.07, 6.45) is 3.96. The van der Waals surface area contributed by atoms with Gasteiger partial charge in [-0.25, -0.2) is 0 Å². The molecular formula is C21H30N2O2. The smallest absolute Gasteiger partial charge is 0.0769 e. The molecule has 2 fully saturated rings. The fourth-order valence-electron chi connectivity index (χ4n) is 4.48. The normalized spacial score (nSPS) is 28.0. The first-order valence-electron chi connectivity index (χ1n) is 9.41. The molecule has 136 valence electrons. The number of rotatable bonds is 5. The first kappa shape index (κ1) is 18.4. The van der Waals surface area contributed by atoms with Gasteiger partial charge < -0.3 is 9.47 Å². The van der Waals surface area contributed by atoms with Crippen molar-refractivity contribution in [3.05, 3.63) is 35.4 Å². The van der Waals surface area contributed by atoms with Crippen molar-refractivity contribution >= 4 is 0 Å². The van der Waals surface area contributed by atoms with Gasteiger partial charge in [-0.2, -0.15) is 5.26 Å². The quantitative estimate of drug-likeness (QED) is 0.821. The van der Waals surface area contributed by atoms with E-state index in [4.69, 9.17) is 9.47 Å². The molecule has 25 heavy (non-hydrogen) atoms. The zero-order valence-electron chi connectivity index (χ0n) is 15.7. The molecule has 0 spiro atoms. The minimum Gasteiger partial charge on any atom is -0.381 e. The second-order valence-corrected chi connectivity index (χ2v) is 7.88. The number of ether oxygens (including phenoxy) is 2. The van der Waals surface area contributed by atoms with E-state index >= 15 is 0 Å². The van der Waals surface area contributed by atoms with Gasteiger partial charge in [0.1, 0.15) is 0 Å². The van der Waals surface area contributed by atoms with Crippen LogP contribution in [0, 0.1) is 17.2 Å². The van der Waals surface area contributed by atoms with Gasteiger partial charge in [-0.05, 0) is 37.8 Å². The fraction of sp³-hybridized carbons (Fsp3) is 0.667. The van der Waals surface area contributed by atoms with E-state index in [0.29, 0.717) is 18.1 Å². The van der Waals surface area contributed by atoms with Crippen LogP contribution in [-0.4, -0.2) is 43.9 Å². The van der Waals surface area contributed by atoms with Crippen LogP contribution in [0.3, 0.4) is 0 Å². The van der Waals surface area contributed by atoms with Gasteiger partial charge in [0.05, 0.1) is 30.8 Å². The summed E-state index contributed by atoms with van der Waals surface area (Å²) in [5.74, 6) is 0.543. The molecule has 1 aromatic carbocycles. The minimum absolute atomic E-state index is 0.347. The van der Waals surface area contributed by atoms with Crippen LogP contribution in [0.25, 0.3) is 0 Å². The molecule has 0 bridgehead atoms. The van der Waals surface area contributed by atoms with E-state index in [-0.39, 0.29) is 0 Å². The lowest BCUT2D eigenvalue weighted by atomic mass is 9.82. The lowest BCUT2D eigenvalue weighted by Crippen LogP contribution is -2.51. The van der Waals surface area contributed by atoms with Crippen molar-refractivity contribution in [1.29, 1.82) is 5.26 Å². The topological polar surface area (TPSA) is 45.5 Å². The Hall–Kier alpha value is -1.41. The highest BCUT2D eigenvalue weighted by Crippen LogP contribution is 2.35. The van der Waals surface area contributed by atoms with Gasteiger partial charge in [-0.1, -0.05) is 30.7 Å². The molecular weight excluding hydrogens is 312 g/mol. The summed E-state index contributed by atoms with van der Waals surface area (Å²) in [4.78, 5) is 2.55. The minimum atomic E-state index is -0.471. The standard InChI is InChI=1S/C21H30N2O2/c1-21(2,15-22)18-9-5-4-7-16(18)13-23-11-12-25-14-19(23)17-8-6-10-20(17)24-3/h4-5,7,9,17,19-20H,6,8,10-14H2,1-3H3/t17-,19-,20+/m0/s1. The Morgan fingerprint density at radius 2 is 2.12 bits per heavy atom. The maximum Gasteiger partial charge on any atom is 0.0769 e. The Balaban J connectivity index is 1.82. The predicted molar refractivity (Wildman–Crippen MR) is 98.2 cm³/mol. The van der Waals surface area contributed by atoms with Gasteiger partial charge in [-0.3, -0.25) is 4.90 Å². The fourth-order valence-corrected chi connectivity index (χ4v) is 4.48. The van der Waals surface area contributed by atoms with Crippen LogP contribution < -0.4 is 0 Å². The zero-order chi connectivity index (χ0) is 17.9. The SMILES string of the molecule is CO[C@@H]1CCC[C@H]1[C@@H]1COCCN1Cc1ccccc1C(C)(C)C#N. The van der Waals surface area contributed by atoms with Crippen LogP contribution in [-0.2, 0) is 21.4 Å². The summed E-state index contributed by atoms with van der Waals surface area (Å²) in [7, 11) is 1.84. The van der Waals surface area contributed by atoms with Crippen LogP contribution in [0.15, 0.2) is 24.3 Å². The van der Waals surface area contributed by atoms with Gasteiger partial charge in [0, 0.05) is 32.2 Å². The maximum absolute atomic E-state index is 9.57. The van der Waals surface area contributed by atoms with Gasteiger partial charge in [0.25, 0.3) is 0 Å². The third-order valence-corrected chi connectivity index (χ3v) is 5.92. The number of hydrogen-bond donors (Lipinski definition) is 0. The average Bonchev–Trinajstić information content (AvgIpc) is 3.11. The molecule has 0 radical (unpaired) electrons. The zero-order valence-corrected chi connectivity index (χ0v) is 15.7. The van der Waals surface area contributed by atoms with E-state index < -0.39 is 5.41 Å². The predicted octanol–water partition coefficient (Wildman–Crippen LogP) is 3.50. The molecule has 3 atom stereocenters. The summed E-state index contributed by atoms with van der Waals surface area (Å²) in [6.45, 7) is 7.39. The first-order valence-corrected chi connectivity index (χ1v) is 9.41. The number of morpholine rings is 1. The van der Waals surface area contributed by atoms with Crippen molar-refractivity contribution in [3.63, 3.8) is 0 Å². The molecule has 0 amide bonds. The average molecular weight is 342 g/mol. The van der Waals surface area contributed by atoms with Crippen molar-refractivity contribution in [3.8, 4) is 6.07 Å². The lowest BCUT2D eigenvalue weighted by molar-refractivity contribution is -0.0609. The molecule has 4 heteroatoms. The van der Waals surface area contributed by atoms with E-state index in [1.165, 1.54) is 18.4 Å². The first-order chi connectivity index (χ1) is 12.1. The molecule has 3 rings (SSSR count). The van der Waals surface area contributed by atoms with E-state index in [9.17, 15) is 5.26 Å².